The second kappa shape index (κ2) is 3.82. The summed E-state index contributed by atoms with van der Waals surface area (Å²) in [5.41, 5.74) is 9.78. The van der Waals surface area contributed by atoms with Crippen LogP contribution in [0.25, 0.3) is 5.69 Å². The van der Waals surface area contributed by atoms with Crippen LogP contribution in [0, 0.1) is 13.8 Å². The van der Waals surface area contributed by atoms with Crippen molar-refractivity contribution in [3.63, 3.8) is 0 Å². The van der Waals surface area contributed by atoms with Gasteiger partial charge in [0.2, 0.25) is 0 Å². The highest BCUT2D eigenvalue weighted by Gasteiger charge is 2.07. The molecule has 0 saturated heterocycles. The maximum Gasteiger partial charge on any atom is 0.0876 e. The van der Waals surface area contributed by atoms with E-state index in [0.717, 1.165) is 22.6 Å². The van der Waals surface area contributed by atoms with E-state index < -0.39 is 0 Å². The Morgan fingerprint density at radius 2 is 2.20 bits per heavy atom. The molecule has 2 rings (SSSR count). The second-order valence-corrected chi connectivity index (χ2v) is 3.55. The molecule has 2 aromatic heterocycles. The van der Waals surface area contributed by atoms with Crippen molar-refractivity contribution in [1.29, 1.82) is 0 Å². The third kappa shape index (κ3) is 1.76. The molecule has 2 aromatic rings. The molecule has 4 heteroatoms. The fourth-order valence-corrected chi connectivity index (χ4v) is 1.65. The fraction of sp³-hybridized carbons (Fsp3) is 0.273. The van der Waals surface area contributed by atoms with Gasteiger partial charge in [-0.1, -0.05) is 0 Å². The Bertz CT molecular complexity index is 473. The summed E-state index contributed by atoms with van der Waals surface area (Å²) >= 11 is 0. The maximum absolute atomic E-state index is 5.68. The standard InChI is InChI=1S/C11H14N4/c1-8-5-9(2)15(14-8)11-7-13-4-3-10(11)6-12/h3-5,7H,6,12H2,1-2H3. The summed E-state index contributed by atoms with van der Waals surface area (Å²) in [7, 11) is 0. The maximum atomic E-state index is 5.68. The van der Waals surface area contributed by atoms with Crippen LogP contribution in [-0.4, -0.2) is 14.8 Å². The quantitative estimate of drug-likeness (QED) is 0.799. The van der Waals surface area contributed by atoms with Gasteiger partial charge in [-0.15, -0.1) is 0 Å². The van der Waals surface area contributed by atoms with Gasteiger partial charge >= 0.3 is 0 Å². The number of aryl methyl sites for hydroxylation is 2. The van der Waals surface area contributed by atoms with E-state index >= 15 is 0 Å². The number of rotatable bonds is 2. The zero-order valence-corrected chi connectivity index (χ0v) is 8.94. The monoisotopic (exact) mass is 202 g/mol. The number of hydrogen-bond acceptors (Lipinski definition) is 3. The zero-order chi connectivity index (χ0) is 10.8. The van der Waals surface area contributed by atoms with Crippen LogP contribution in [0.3, 0.4) is 0 Å². The lowest BCUT2D eigenvalue weighted by Gasteiger charge is -2.08. The van der Waals surface area contributed by atoms with Gasteiger partial charge in [-0.25, -0.2) is 4.68 Å². The predicted molar refractivity (Wildman–Crippen MR) is 58.7 cm³/mol. The molecule has 2 heterocycles. The van der Waals surface area contributed by atoms with Gasteiger partial charge in [0.1, 0.15) is 0 Å². The lowest BCUT2D eigenvalue weighted by molar-refractivity contribution is 0.812. The zero-order valence-electron chi connectivity index (χ0n) is 8.94. The molecule has 0 aliphatic carbocycles. The number of pyridine rings is 1. The molecule has 0 amide bonds. The Labute approximate surface area is 88.8 Å². The average molecular weight is 202 g/mol. The molecular formula is C11H14N4. The molecule has 78 valence electrons. The molecule has 0 spiro atoms. The van der Waals surface area contributed by atoms with Gasteiger partial charge in [-0.2, -0.15) is 5.10 Å². The van der Waals surface area contributed by atoms with Gasteiger partial charge in [-0.3, -0.25) is 4.98 Å². The molecule has 0 aliphatic heterocycles. The van der Waals surface area contributed by atoms with Crippen molar-refractivity contribution in [2.24, 2.45) is 5.73 Å². The molecule has 0 unspecified atom stereocenters. The van der Waals surface area contributed by atoms with Gasteiger partial charge in [0, 0.05) is 18.4 Å². The molecule has 0 bridgehead atoms. The van der Waals surface area contributed by atoms with Gasteiger partial charge in [0.05, 0.1) is 17.6 Å². The third-order valence-electron chi connectivity index (χ3n) is 2.35. The van der Waals surface area contributed by atoms with E-state index in [0.29, 0.717) is 6.54 Å². The van der Waals surface area contributed by atoms with Crippen molar-refractivity contribution in [2.75, 3.05) is 0 Å². The van der Waals surface area contributed by atoms with Crippen LogP contribution in [-0.2, 0) is 6.54 Å². The van der Waals surface area contributed by atoms with Crippen LogP contribution >= 0.6 is 0 Å². The topological polar surface area (TPSA) is 56.7 Å². The smallest absolute Gasteiger partial charge is 0.0876 e. The molecule has 0 atom stereocenters. The van der Waals surface area contributed by atoms with Crippen LogP contribution in [0.4, 0.5) is 0 Å². The minimum absolute atomic E-state index is 0.496. The van der Waals surface area contributed by atoms with Crippen molar-refractivity contribution >= 4 is 0 Å². The second-order valence-electron chi connectivity index (χ2n) is 3.55. The van der Waals surface area contributed by atoms with Crippen LogP contribution in [0.2, 0.25) is 0 Å². The summed E-state index contributed by atoms with van der Waals surface area (Å²) in [6.07, 6.45) is 3.54. The van der Waals surface area contributed by atoms with Crippen molar-refractivity contribution in [2.45, 2.75) is 20.4 Å². The van der Waals surface area contributed by atoms with Crippen LogP contribution < -0.4 is 5.73 Å². The van der Waals surface area contributed by atoms with E-state index in [1.807, 2.05) is 30.7 Å². The van der Waals surface area contributed by atoms with Crippen LogP contribution in [0.5, 0.6) is 0 Å². The lowest BCUT2D eigenvalue weighted by Crippen LogP contribution is -2.07. The predicted octanol–water partition coefficient (Wildman–Crippen LogP) is 1.34. The first-order chi connectivity index (χ1) is 7.22. The third-order valence-corrected chi connectivity index (χ3v) is 2.35. The Morgan fingerprint density at radius 3 is 2.80 bits per heavy atom. The highest BCUT2D eigenvalue weighted by atomic mass is 15.3. The summed E-state index contributed by atoms with van der Waals surface area (Å²) in [5.74, 6) is 0. The van der Waals surface area contributed by atoms with Gasteiger partial charge in [-0.05, 0) is 31.5 Å². The average Bonchev–Trinajstić information content (AvgIpc) is 2.57. The molecule has 0 saturated carbocycles. The summed E-state index contributed by atoms with van der Waals surface area (Å²) in [6, 6.07) is 3.96. The molecule has 4 nitrogen and oxygen atoms in total. The van der Waals surface area contributed by atoms with E-state index in [1.54, 1.807) is 12.4 Å². The molecular weight excluding hydrogens is 188 g/mol. The van der Waals surface area contributed by atoms with Crippen molar-refractivity contribution < 1.29 is 0 Å². The van der Waals surface area contributed by atoms with Crippen molar-refractivity contribution in [3.05, 3.63) is 41.5 Å². The first-order valence-corrected chi connectivity index (χ1v) is 4.89. The number of nitrogens with two attached hydrogens (primary N) is 1. The van der Waals surface area contributed by atoms with Gasteiger partial charge in [0.25, 0.3) is 0 Å². The lowest BCUT2D eigenvalue weighted by atomic mass is 10.2. The van der Waals surface area contributed by atoms with Crippen molar-refractivity contribution in [3.8, 4) is 5.69 Å². The Hall–Kier alpha value is -1.68. The Balaban J connectivity index is 2.58. The first-order valence-electron chi connectivity index (χ1n) is 4.89. The highest BCUT2D eigenvalue weighted by molar-refractivity contribution is 5.39. The Kier molecular flexibility index (Phi) is 2.51. The normalized spacial score (nSPS) is 10.6. The van der Waals surface area contributed by atoms with E-state index in [1.165, 1.54) is 0 Å². The largest absolute Gasteiger partial charge is 0.326 e. The number of nitrogens with zero attached hydrogens (tertiary/aromatic N) is 3. The SMILES string of the molecule is Cc1cc(C)n(-c2cnccc2CN)n1. The van der Waals surface area contributed by atoms with E-state index in [2.05, 4.69) is 10.1 Å². The highest BCUT2D eigenvalue weighted by Crippen LogP contribution is 2.14. The van der Waals surface area contributed by atoms with Crippen LogP contribution in [0.15, 0.2) is 24.5 Å². The van der Waals surface area contributed by atoms with Gasteiger partial charge < -0.3 is 5.73 Å². The minimum Gasteiger partial charge on any atom is -0.326 e. The molecule has 0 fully saturated rings. The van der Waals surface area contributed by atoms with E-state index in [9.17, 15) is 0 Å². The molecule has 0 radical (unpaired) electrons. The Morgan fingerprint density at radius 1 is 1.40 bits per heavy atom. The molecule has 15 heavy (non-hydrogen) atoms. The molecule has 0 aliphatic rings. The summed E-state index contributed by atoms with van der Waals surface area (Å²) in [6.45, 7) is 4.49. The summed E-state index contributed by atoms with van der Waals surface area (Å²) in [5, 5.41) is 4.41. The molecule has 0 aromatic carbocycles. The van der Waals surface area contributed by atoms with Gasteiger partial charge in [0.15, 0.2) is 0 Å². The fourth-order valence-electron chi connectivity index (χ4n) is 1.65. The minimum atomic E-state index is 0.496. The molecule has 2 N–H and O–H groups in total. The van der Waals surface area contributed by atoms with Crippen LogP contribution in [0.1, 0.15) is 17.0 Å². The first kappa shape index (κ1) is 9.86. The summed E-state index contributed by atoms with van der Waals surface area (Å²) < 4.78 is 1.88. The number of hydrogen-bond donors (Lipinski definition) is 1. The van der Waals surface area contributed by atoms with E-state index in [-0.39, 0.29) is 0 Å². The number of aromatic nitrogens is 3. The van der Waals surface area contributed by atoms with Crippen molar-refractivity contribution in [1.82, 2.24) is 14.8 Å². The van der Waals surface area contributed by atoms with E-state index in [4.69, 9.17) is 5.73 Å². The summed E-state index contributed by atoms with van der Waals surface area (Å²) in [4.78, 5) is 4.10.